The molecule has 1 aliphatic heterocycles. The van der Waals surface area contributed by atoms with E-state index in [-0.39, 0.29) is 5.41 Å². The SMILES string of the molecule is CC1(C)CSCC(NCC2(CO)CCCC2)C1. The van der Waals surface area contributed by atoms with E-state index in [0.717, 1.165) is 6.54 Å². The van der Waals surface area contributed by atoms with Crippen molar-refractivity contribution >= 4 is 11.8 Å². The molecule has 0 aromatic rings. The van der Waals surface area contributed by atoms with Gasteiger partial charge in [-0.2, -0.15) is 11.8 Å². The van der Waals surface area contributed by atoms with Gasteiger partial charge in [0, 0.05) is 30.4 Å². The highest BCUT2D eigenvalue weighted by Crippen LogP contribution is 2.38. The summed E-state index contributed by atoms with van der Waals surface area (Å²) >= 11 is 2.07. The van der Waals surface area contributed by atoms with Gasteiger partial charge in [0.15, 0.2) is 0 Å². The van der Waals surface area contributed by atoms with Crippen LogP contribution in [-0.2, 0) is 0 Å². The number of aliphatic hydroxyl groups is 1. The van der Waals surface area contributed by atoms with Crippen LogP contribution in [0, 0.1) is 10.8 Å². The normalized spacial score (nSPS) is 31.6. The zero-order valence-corrected chi connectivity index (χ0v) is 12.1. The number of hydrogen-bond acceptors (Lipinski definition) is 3. The van der Waals surface area contributed by atoms with Crippen molar-refractivity contribution in [2.45, 2.75) is 52.0 Å². The lowest BCUT2D eigenvalue weighted by Gasteiger charge is -2.37. The summed E-state index contributed by atoms with van der Waals surface area (Å²) < 4.78 is 0. The molecule has 0 aromatic carbocycles. The van der Waals surface area contributed by atoms with E-state index in [2.05, 4.69) is 30.9 Å². The van der Waals surface area contributed by atoms with Crippen molar-refractivity contribution in [3.8, 4) is 0 Å². The highest BCUT2D eigenvalue weighted by molar-refractivity contribution is 7.99. The molecule has 0 amide bonds. The maximum Gasteiger partial charge on any atom is 0.0499 e. The van der Waals surface area contributed by atoms with Gasteiger partial charge in [-0.25, -0.2) is 0 Å². The first kappa shape index (κ1) is 13.7. The molecule has 17 heavy (non-hydrogen) atoms. The van der Waals surface area contributed by atoms with Gasteiger partial charge < -0.3 is 10.4 Å². The number of thioether (sulfide) groups is 1. The first-order chi connectivity index (χ1) is 8.05. The van der Waals surface area contributed by atoms with Gasteiger partial charge >= 0.3 is 0 Å². The summed E-state index contributed by atoms with van der Waals surface area (Å²) in [6.45, 7) is 6.12. The van der Waals surface area contributed by atoms with Gasteiger partial charge in [0.25, 0.3) is 0 Å². The molecule has 1 atom stereocenters. The smallest absolute Gasteiger partial charge is 0.0499 e. The average Bonchev–Trinajstić information content (AvgIpc) is 2.75. The fraction of sp³-hybridized carbons (Fsp3) is 1.00. The summed E-state index contributed by atoms with van der Waals surface area (Å²) in [6.07, 6.45) is 6.29. The number of hydrogen-bond donors (Lipinski definition) is 2. The van der Waals surface area contributed by atoms with Gasteiger partial charge in [-0.15, -0.1) is 0 Å². The molecular weight excluding hydrogens is 230 g/mol. The third-order valence-corrected chi connectivity index (χ3v) is 6.00. The Hall–Kier alpha value is 0.270. The van der Waals surface area contributed by atoms with Crippen molar-refractivity contribution < 1.29 is 5.11 Å². The van der Waals surface area contributed by atoms with Gasteiger partial charge in [-0.3, -0.25) is 0 Å². The van der Waals surface area contributed by atoms with Crippen molar-refractivity contribution in [2.75, 3.05) is 24.7 Å². The molecule has 2 nitrogen and oxygen atoms in total. The van der Waals surface area contributed by atoms with Gasteiger partial charge in [0.2, 0.25) is 0 Å². The fourth-order valence-corrected chi connectivity index (χ4v) is 4.58. The van der Waals surface area contributed by atoms with Crippen molar-refractivity contribution in [2.24, 2.45) is 10.8 Å². The van der Waals surface area contributed by atoms with E-state index in [1.807, 2.05) is 0 Å². The van der Waals surface area contributed by atoms with E-state index >= 15 is 0 Å². The minimum Gasteiger partial charge on any atom is -0.396 e. The molecule has 2 rings (SSSR count). The average molecular weight is 257 g/mol. The minimum atomic E-state index is 0.201. The van der Waals surface area contributed by atoms with Crippen LogP contribution in [0.25, 0.3) is 0 Å². The van der Waals surface area contributed by atoms with Crippen LogP contribution in [0.15, 0.2) is 0 Å². The summed E-state index contributed by atoms with van der Waals surface area (Å²) in [7, 11) is 0. The highest BCUT2D eigenvalue weighted by Gasteiger charge is 2.35. The second-order valence-corrected chi connectivity index (χ2v) is 7.86. The summed E-state index contributed by atoms with van der Waals surface area (Å²) in [4.78, 5) is 0. The summed E-state index contributed by atoms with van der Waals surface area (Å²) in [6, 6.07) is 0.646. The summed E-state index contributed by atoms with van der Waals surface area (Å²) in [5, 5.41) is 13.3. The zero-order chi connectivity index (χ0) is 12.4. The molecule has 1 heterocycles. The molecule has 1 saturated carbocycles. The van der Waals surface area contributed by atoms with E-state index in [4.69, 9.17) is 0 Å². The molecule has 3 heteroatoms. The first-order valence-corrected chi connectivity index (χ1v) is 8.13. The van der Waals surface area contributed by atoms with Crippen LogP contribution in [0.3, 0.4) is 0 Å². The molecule has 0 spiro atoms. The highest BCUT2D eigenvalue weighted by atomic mass is 32.2. The monoisotopic (exact) mass is 257 g/mol. The number of nitrogens with one attached hydrogen (secondary N) is 1. The fourth-order valence-electron chi connectivity index (χ4n) is 3.27. The lowest BCUT2D eigenvalue weighted by molar-refractivity contribution is 0.122. The standard InChI is InChI=1S/C14H27NOS/c1-13(2)7-12(8-17-11-13)15-9-14(10-16)5-3-4-6-14/h12,15-16H,3-11H2,1-2H3. The Morgan fingerprint density at radius 2 is 2.00 bits per heavy atom. The van der Waals surface area contributed by atoms with Crippen LogP contribution >= 0.6 is 11.8 Å². The maximum atomic E-state index is 9.60. The summed E-state index contributed by atoms with van der Waals surface area (Å²) in [5.74, 6) is 2.53. The number of rotatable bonds is 4. The van der Waals surface area contributed by atoms with Gasteiger partial charge in [0.1, 0.15) is 0 Å². The van der Waals surface area contributed by atoms with Crippen LogP contribution in [0.1, 0.15) is 46.0 Å². The third-order valence-electron chi connectivity index (χ3n) is 4.38. The largest absolute Gasteiger partial charge is 0.396 e. The van der Waals surface area contributed by atoms with E-state index in [9.17, 15) is 5.11 Å². The molecule has 2 N–H and O–H groups in total. The summed E-state index contributed by atoms with van der Waals surface area (Å²) in [5.41, 5.74) is 0.675. The Labute approximate surface area is 110 Å². The van der Waals surface area contributed by atoms with E-state index in [1.54, 1.807) is 0 Å². The van der Waals surface area contributed by atoms with Gasteiger partial charge in [0.05, 0.1) is 0 Å². The molecule has 2 fully saturated rings. The molecule has 0 aromatic heterocycles. The third kappa shape index (κ3) is 3.62. The van der Waals surface area contributed by atoms with Gasteiger partial charge in [-0.1, -0.05) is 26.7 Å². The van der Waals surface area contributed by atoms with E-state index in [1.165, 1.54) is 43.6 Å². The Morgan fingerprint density at radius 1 is 1.29 bits per heavy atom. The Bertz CT molecular complexity index is 249. The van der Waals surface area contributed by atoms with E-state index in [0.29, 0.717) is 18.1 Å². The van der Waals surface area contributed by atoms with Crippen LogP contribution in [0.2, 0.25) is 0 Å². The molecular formula is C14H27NOS. The lowest BCUT2D eigenvalue weighted by Crippen LogP contribution is -2.45. The van der Waals surface area contributed by atoms with Crippen LogP contribution in [-0.4, -0.2) is 35.8 Å². The van der Waals surface area contributed by atoms with Gasteiger partial charge in [-0.05, 0) is 30.4 Å². The Morgan fingerprint density at radius 3 is 2.59 bits per heavy atom. The van der Waals surface area contributed by atoms with Crippen LogP contribution < -0.4 is 5.32 Å². The van der Waals surface area contributed by atoms with E-state index < -0.39 is 0 Å². The predicted molar refractivity (Wildman–Crippen MR) is 75.5 cm³/mol. The maximum absolute atomic E-state index is 9.60. The Balaban J connectivity index is 1.81. The van der Waals surface area contributed by atoms with Crippen molar-refractivity contribution in [1.82, 2.24) is 5.32 Å². The molecule has 0 radical (unpaired) electrons. The quantitative estimate of drug-likeness (QED) is 0.812. The minimum absolute atomic E-state index is 0.201. The second kappa shape index (κ2) is 5.50. The molecule has 1 unspecified atom stereocenters. The second-order valence-electron chi connectivity index (χ2n) is 6.83. The van der Waals surface area contributed by atoms with Crippen LogP contribution in [0.4, 0.5) is 0 Å². The first-order valence-electron chi connectivity index (χ1n) is 6.97. The topological polar surface area (TPSA) is 32.3 Å². The molecule has 100 valence electrons. The molecule has 1 aliphatic carbocycles. The Kier molecular flexibility index (Phi) is 4.43. The number of aliphatic hydroxyl groups excluding tert-OH is 1. The van der Waals surface area contributed by atoms with Crippen LogP contribution in [0.5, 0.6) is 0 Å². The lowest BCUT2D eigenvalue weighted by atomic mass is 9.85. The van der Waals surface area contributed by atoms with Crippen molar-refractivity contribution in [3.63, 3.8) is 0 Å². The van der Waals surface area contributed by atoms with Crippen molar-refractivity contribution in [3.05, 3.63) is 0 Å². The molecule has 2 aliphatic rings. The molecule has 1 saturated heterocycles. The molecule has 0 bridgehead atoms. The zero-order valence-electron chi connectivity index (χ0n) is 11.3. The predicted octanol–water partition coefficient (Wildman–Crippen LogP) is 2.66. The van der Waals surface area contributed by atoms with Crippen molar-refractivity contribution in [1.29, 1.82) is 0 Å².